The second kappa shape index (κ2) is 11.8. The smallest absolute Gasteiger partial charge is 0.245 e. The lowest BCUT2D eigenvalue weighted by atomic mass is 10.1. The Bertz CT molecular complexity index is 1740. The van der Waals surface area contributed by atoms with Crippen LogP contribution in [0.5, 0.6) is 5.75 Å². The predicted molar refractivity (Wildman–Crippen MR) is 159 cm³/mol. The SMILES string of the molecule is Cc1cc(-n2ccnc2)c2cccc(OCc3c(Cl)ccc(S(=O)(=O)N4CCCC4C(=O)N4CCOCC4)c3Cl)c2n1. The Morgan fingerprint density at radius 3 is 2.71 bits per heavy atom. The van der Waals surface area contributed by atoms with Crippen molar-refractivity contribution < 1.29 is 22.7 Å². The Balaban J connectivity index is 1.29. The van der Waals surface area contributed by atoms with Gasteiger partial charge in [0.2, 0.25) is 15.9 Å². The third-order valence-corrected chi connectivity index (χ3v) is 10.5. The molecule has 1 atom stereocenters. The number of hydrogen-bond acceptors (Lipinski definition) is 7. The van der Waals surface area contributed by atoms with Crippen LogP contribution < -0.4 is 4.74 Å². The zero-order valence-corrected chi connectivity index (χ0v) is 25.2. The second-order valence-electron chi connectivity index (χ2n) is 10.2. The summed E-state index contributed by atoms with van der Waals surface area (Å²) in [4.78, 5) is 23.7. The highest BCUT2D eigenvalue weighted by Gasteiger charge is 2.42. The van der Waals surface area contributed by atoms with Crippen molar-refractivity contribution in [3.63, 3.8) is 0 Å². The minimum absolute atomic E-state index is 0.0320. The normalized spacial score (nSPS) is 18.1. The van der Waals surface area contributed by atoms with Crippen molar-refractivity contribution in [3.05, 3.63) is 76.4 Å². The molecule has 4 aromatic rings. The largest absolute Gasteiger partial charge is 0.487 e. The van der Waals surface area contributed by atoms with Crippen molar-refractivity contribution in [1.82, 2.24) is 23.7 Å². The molecular weight excluding hydrogens is 601 g/mol. The molecular formula is C29H29Cl2N5O5S. The van der Waals surface area contributed by atoms with Gasteiger partial charge in [0.25, 0.3) is 0 Å². The van der Waals surface area contributed by atoms with Gasteiger partial charge in [-0.2, -0.15) is 4.31 Å². The van der Waals surface area contributed by atoms with Crippen LogP contribution in [0.3, 0.4) is 0 Å². The Kier molecular flexibility index (Phi) is 8.12. The molecule has 2 aromatic heterocycles. The number of para-hydroxylation sites is 1. The van der Waals surface area contributed by atoms with Gasteiger partial charge in [-0.1, -0.05) is 35.3 Å². The van der Waals surface area contributed by atoms with E-state index in [4.69, 9.17) is 37.7 Å². The van der Waals surface area contributed by atoms with Gasteiger partial charge >= 0.3 is 0 Å². The van der Waals surface area contributed by atoms with Gasteiger partial charge in [-0.25, -0.2) is 18.4 Å². The molecule has 2 fully saturated rings. The topological polar surface area (TPSA) is 107 Å². The number of rotatable bonds is 7. The third-order valence-electron chi connectivity index (χ3n) is 7.61. The fourth-order valence-electron chi connectivity index (χ4n) is 5.51. The van der Waals surface area contributed by atoms with E-state index in [9.17, 15) is 13.2 Å². The number of carbonyl (C=O) groups excluding carboxylic acids is 1. The van der Waals surface area contributed by atoms with Gasteiger partial charge < -0.3 is 18.9 Å². The molecule has 2 aliphatic rings. The van der Waals surface area contributed by atoms with Crippen molar-refractivity contribution in [2.24, 2.45) is 0 Å². The van der Waals surface area contributed by atoms with E-state index in [0.29, 0.717) is 56.0 Å². The monoisotopic (exact) mass is 629 g/mol. The Morgan fingerprint density at radius 2 is 1.95 bits per heavy atom. The molecule has 42 heavy (non-hydrogen) atoms. The standard InChI is InChI=1S/C29H29Cl2N5O5S/c1-19-16-24(35-11-9-32-18-35)20-4-2-6-25(28(20)33-19)41-17-21-22(30)7-8-26(27(21)31)42(38,39)36-10-3-5-23(36)29(37)34-12-14-40-15-13-34/h2,4,6-9,11,16,18,23H,3,5,10,12-15,17H2,1H3. The van der Waals surface area contributed by atoms with Gasteiger partial charge in [0.1, 0.15) is 28.8 Å². The number of nitrogens with zero attached hydrogens (tertiary/aromatic N) is 5. The maximum absolute atomic E-state index is 13.9. The van der Waals surface area contributed by atoms with Crippen LogP contribution in [0.4, 0.5) is 0 Å². The predicted octanol–water partition coefficient (Wildman–Crippen LogP) is 4.63. The lowest BCUT2D eigenvalue weighted by molar-refractivity contribution is -0.138. The van der Waals surface area contributed by atoms with Crippen molar-refractivity contribution in [2.75, 3.05) is 32.8 Å². The first-order valence-corrected chi connectivity index (χ1v) is 15.8. The molecule has 0 aliphatic carbocycles. The van der Waals surface area contributed by atoms with Gasteiger partial charge in [0.05, 0.1) is 30.3 Å². The molecule has 10 nitrogen and oxygen atoms in total. The average Bonchev–Trinajstić information content (AvgIpc) is 3.70. The highest BCUT2D eigenvalue weighted by molar-refractivity contribution is 7.89. The summed E-state index contributed by atoms with van der Waals surface area (Å²) in [5, 5.41) is 1.09. The van der Waals surface area contributed by atoms with Crippen LogP contribution in [-0.4, -0.2) is 77.0 Å². The Morgan fingerprint density at radius 1 is 1.14 bits per heavy atom. The first-order chi connectivity index (χ1) is 20.3. The zero-order chi connectivity index (χ0) is 29.4. The van der Waals surface area contributed by atoms with E-state index >= 15 is 0 Å². The third kappa shape index (κ3) is 5.35. The lowest BCUT2D eigenvalue weighted by Gasteiger charge is -2.32. The Labute approximate surface area is 253 Å². The molecule has 1 unspecified atom stereocenters. The van der Waals surface area contributed by atoms with Crippen LogP contribution in [-0.2, 0) is 26.2 Å². The zero-order valence-electron chi connectivity index (χ0n) is 22.9. The summed E-state index contributed by atoms with van der Waals surface area (Å²) >= 11 is 13.3. The molecule has 0 bridgehead atoms. The van der Waals surface area contributed by atoms with Gasteiger partial charge in [-0.05, 0) is 44.0 Å². The molecule has 4 heterocycles. The van der Waals surface area contributed by atoms with E-state index in [2.05, 4.69) is 4.98 Å². The van der Waals surface area contributed by atoms with Crippen molar-refractivity contribution >= 4 is 50.0 Å². The summed E-state index contributed by atoms with van der Waals surface area (Å²) in [6.45, 7) is 3.80. The quantitative estimate of drug-likeness (QED) is 0.293. The molecule has 13 heteroatoms. The number of halogens is 2. The summed E-state index contributed by atoms with van der Waals surface area (Å²) < 4.78 is 42.5. The number of aromatic nitrogens is 3. The van der Waals surface area contributed by atoms with E-state index in [1.54, 1.807) is 23.5 Å². The summed E-state index contributed by atoms with van der Waals surface area (Å²) in [7, 11) is -4.11. The number of fused-ring (bicyclic) bond motifs is 1. The van der Waals surface area contributed by atoms with Gasteiger partial charge in [0, 0.05) is 53.7 Å². The molecule has 0 spiro atoms. The number of benzene rings is 2. The fraction of sp³-hybridized carbons (Fsp3) is 0.345. The number of pyridine rings is 1. The highest BCUT2D eigenvalue weighted by Crippen LogP contribution is 2.37. The van der Waals surface area contributed by atoms with E-state index in [-0.39, 0.29) is 34.0 Å². The van der Waals surface area contributed by atoms with Gasteiger partial charge in [-0.3, -0.25) is 4.79 Å². The van der Waals surface area contributed by atoms with Crippen molar-refractivity contribution in [2.45, 2.75) is 37.3 Å². The second-order valence-corrected chi connectivity index (χ2v) is 12.9. The maximum Gasteiger partial charge on any atom is 0.245 e. The minimum Gasteiger partial charge on any atom is -0.487 e. The highest BCUT2D eigenvalue weighted by atomic mass is 35.5. The molecule has 0 saturated carbocycles. The van der Waals surface area contributed by atoms with Gasteiger partial charge in [-0.15, -0.1) is 0 Å². The number of amides is 1. The van der Waals surface area contributed by atoms with Crippen LogP contribution in [0.15, 0.2) is 60.0 Å². The number of carbonyl (C=O) groups is 1. The molecule has 0 radical (unpaired) electrons. The molecule has 2 saturated heterocycles. The summed E-state index contributed by atoms with van der Waals surface area (Å²) in [5.41, 5.74) is 2.66. The molecule has 2 aromatic carbocycles. The molecule has 1 amide bonds. The average molecular weight is 631 g/mol. The molecule has 6 rings (SSSR count). The lowest BCUT2D eigenvalue weighted by Crippen LogP contribution is -2.51. The van der Waals surface area contributed by atoms with Crippen LogP contribution in [0.2, 0.25) is 10.0 Å². The number of hydrogen-bond donors (Lipinski definition) is 0. The number of imidazole rings is 1. The molecule has 0 N–H and O–H groups in total. The first-order valence-electron chi connectivity index (χ1n) is 13.6. The van der Waals surface area contributed by atoms with Crippen LogP contribution >= 0.6 is 23.2 Å². The number of sulfonamides is 1. The summed E-state index contributed by atoms with van der Waals surface area (Å²) in [5.74, 6) is 0.288. The number of ether oxygens (including phenoxy) is 2. The summed E-state index contributed by atoms with van der Waals surface area (Å²) in [6, 6.07) is 9.66. The number of aryl methyl sites for hydroxylation is 1. The van der Waals surface area contributed by atoms with Crippen LogP contribution in [0.1, 0.15) is 24.1 Å². The first kappa shape index (κ1) is 28.9. The molecule has 2 aliphatic heterocycles. The van der Waals surface area contributed by atoms with Crippen molar-refractivity contribution in [3.8, 4) is 11.4 Å². The van der Waals surface area contributed by atoms with E-state index in [1.807, 2.05) is 35.9 Å². The van der Waals surface area contributed by atoms with Crippen LogP contribution in [0.25, 0.3) is 16.6 Å². The fourth-order valence-corrected chi connectivity index (χ4v) is 8.03. The van der Waals surface area contributed by atoms with E-state index in [1.165, 1.54) is 16.4 Å². The maximum atomic E-state index is 13.9. The van der Waals surface area contributed by atoms with Crippen LogP contribution in [0, 0.1) is 6.92 Å². The van der Waals surface area contributed by atoms with E-state index in [0.717, 1.165) is 16.8 Å². The van der Waals surface area contributed by atoms with Gasteiger partial charge in [0.15, 0.2) is 0 Å². The minimum atomic E-state index is -4.11. The van der Waals surface area contributed by atoms with Crippen molar-refractivity contribution in [1.29, 1.82) is 0 Å². The Hall–Kier alpha value is -3.22. The number of morpholine rings is 1. The van der Waals surface area contributed by atoms with E-state index < -0.39 is 16.1 Å². The molecule has 220 valence electrons. The summed E-state index contributed by atoms with van der Waals surface area (Å²) in [6.07, 6.45) is 6.30.